The van der Waals surface area contributed by atoms with Crippen molar-refractivity contribution >= 4 is 28.7 Å². The van der Waals surface area contributed by atoms with E-state index in [4.69, 9.17) is 19.2 Å². The van der Waals surface area contributed by atoms with Crippen LogP contribution in [0.3, 0.4) is 0 Å². The van der Waals surface area contributed by atoms with Gasteiger partial charge in [0.2, 0.25) is 0 Å². The highest BCUT2D eigenvalue weighted by molar-refractivity contribution is 5.92. The first-order valence-electron chi connectivity index (χ1n) is 14.9. The van der Waals surface area contributed by atoms with Crippen molar-refractivity contribution in [2.75, 3.05) is 25.6 Å². The number of hydrogen-bond acceptors (Lipinski definition) is 7. The summed E-state index contributed by atoms with van der Waals surface area (Å²) in [4.78, 5) is 31.1. The van der Waals surface area contributed by atoms with E-state index in [1.807, 2.05) is 32.0 Å². The van der Waals surface area contributed by atoms with Gasteiger partial charge in [0.25, 0.3) is 11.5 Å². The van der Waals surface area contributed by atoms with Gasteiger partial charge < -0.3 is 19.5 Å². The van der Waals surface area contributed by atoms with Crippen LogP contribution in [0.1, 0.15) is 43.4 Å². The fraction of sp³-hybridized carbons (Fsp3) is 0.222. The van der Waals surface area contributed by atoms with Gasteiger partial charge in [0, 0.05) is 5.56 Å². The fourth-order valence-corrected chi connectivity index (χ4v) is 4.98. The first kappa shape index (κ1) is 31.9. The molecule has 5 aromatic rings. The summed E-state index contributed by atoms with van der Waals surface area (Å²) in [5.74, 6) is 0.966. The van der Waals surface area contributed by atoms with Crippen LogP contribution in [0.5, 0.6) is 17.2 Å². The molecule has 5 rings (SSSR count). The van der Waals surface area contributed by atoms with E-state index < -0.39 is 11.7 Å². The van der Waals surface area contributed by atoms with E-state index in [1.165, 1.54) is 22.9 Å². The summed E-state index contributed by atoms with van der Waals surface area (Å²) in [6.07, 6.45) is 1.54. The average Bonchev–Trinajstić information content (AvgIpc) is 3.04. The molecule has 9 nitrogen and oxygen atoms in total. The van der Waals surface area contributed by atoms with Crippen molar-refractivity contribution < 1.29 is 23.4 Å². The van der Waals surface area contributed by atoms with Crippen molar-refractivity contribution in [1.29, 1.82) is 0 Å². The second-order valence-electron chi connectivity index (χ2n) is 10.8. The Kier molecular flexibility index (Phi) is 9.76. The number of ether oxygens (including phenoxy) is 3. The maximum atomic E-state index is 13.9. The van der Waals surface area contributed by atoms with Gasteiger partial charge in [-0.1, -0.05) is 38.1 Å². The van der Waals surface area contributed by atoms with E-state index in [1.54, 1.807) is 55.8 Å². The summed E-state index contributed by atoms with van der Waals surface area (Å²) >= 11 is 0. The summed E-state index contributed by atoms with van der Waals surface area (Å²) in [6, 6.07) is 22.1. The second-order valence-corrected chi connectivity index (χ2v) is 10.8. The number of para-hydroxylation sites is 2. The fourth-order valence-electron chi connectivity index (χ4n) is 4.98. The Labute approximate surface area is 266 Å². The predicted molar refractivity (Wildman–Crippen MR) is 178 cm³/mol. The topological polar surface area (TPSA) is 104 Å². The molecule has 10 heteroatoms. The van der Waals surface area contributed by atoms with E-state index in [-0.39, 0.29) is 23.8 Å². The van der Waals surface area contributed by atoms with Gasteiger partial charge in [0.1, 0.15) is 11.6 Å². The lowest BCUT2D eigenvalue weighted by atomic mass is 9.96. The molecule has 1 amide bonds. The SMILES string of the molecule is CCOc1cc(C=Nn2c(-c3cc(C(C)C)c(OC)cc3C)nc3ccccc3c2=O)ccc1OCC(=O)Nc1ccccc1F. The Hall–Kier alpha value is -5.51. The third-order valence-corrected chi connectivity index (χ3v) is 7.29. The molecule has 4 aromatic carbocycles. The number of methoxy groups -OCH3 is 1. The van der Waals surface area contributed by atoms with Crippen LogP contribution in [0.2, 0.25) is 0 Å². The van der Waals surface area contributed by atoms with Crippen molar-refractivity contribution in [3.05, 3.63) is 112 Å². The number of hydrogen-bond donors (Lipinski definition) is 1. The summed E-state index contributed by atoms with van der Waals surface area (Å²) in [6.45, 7) is 7.91. The Morgan fingerprint density at radius 3 is 2.50 bits per heavy atom. The second kappa shape index (κ2) is 14.1. The number of aromatic nitrogens is 2. The van der Waals surface area contributed by atoms with Crippen molar-refractivity contribution in [2.45, 2.75) is 33.6 Å². The molecule has 0 radical (unpaired) electrons. The first-order chi connectivity index (χ1) is 22.2. The molecule has 236 valence electrons. The number of fused-ring (bicyclic) bond motifs is 1. The smallest absolute Gasteiger partial charge is 0.282 e. The van der Waals surface area contributed by atoms with Crippen LogP contribution in [-0.2, 0) is 4.79 Å². The van der Waals surface area contributed by atoms with Crippen LogP contribution in [-0.4, -0.2) is 42.1 Å². The molecule has 0 spiro atoms. The molecule has 0 aliphatic rings. The molecular weight excluding hydrogens is 587 g/mol. The Morgan fingerprint density at radius 2 is 1.76 bits per heavy atom. The molecular formula is C36H35FN4O5. The van der Waals surface area contributed by atoms with Gasteiger partial charge in [-0.05, 0) is 91.1 Å². The minimum Gasteiger partial charge on any atom is -0.496 e. The summed E-state index contributed by atoms with van der Waals surface area (Å²) in [5, 5.41) is 7.54. The lowest BCUT2D eigenvalue weighted by Crippen LogP contribution is -2.21. The minimum absolute atomic E-state index is 0.0655. The number of amides is 1. The number of rotatable bonds is 11. The molecule has 0 saturated carbocycles. The van der Waals surface area contributed by atoms with Crippen LogP contribution in [0.4, 0.5) is 10.1 Å². The lowest BCUT2D eigenvalue weighted by Gasteiger charge is -2.17. The highest BCUT2D eigenvalue weighted by Gasteiger charge is 2.18. The first-order valence-corrected chi connectivity index (χ1v) is 14.9. The maximum Gasteiger partial charge on any atom is 0.282 e. The van der Waals surface area contributed by atoms with Gasteiger partial charge in [-0.15, -0.1) is 0 Å². The van der Waals surface area contributed by atoms with Gasteiger partial charge in [-0.2, -0.15) is 9.78 Å². The molecule has 0 aliphatic carbocycles. The number of anilines is 1. The van der Waals surface area contributed by atoms with Crippen LogP contribution >= 0.6 is 0 Å². The van der Waals surface area contributed by atoms with Crippen LogP contribution < -0.4 is 25.1 Å². The minimum atomic E-state index is -0.541. The molecule has 0 unspecified atom stereocenters. The zero-order valence-corrected chi connectivity index (χ0v) is 26.3. The molecule has 46 heavy (non-hydrogen) atoms. The van der Waals surface area contributed by atoms with E-state index in [9.17, 15) is 14.0 Å². The van der Waals surface area contributed by atoms with E-state index in [0.29, 0.717) is 40.4 Å². The Balaban J connectivity index is 1.49. The van der Waals surface area contributed by atoms with Gasteiger partial charge in [0.05, 0.1) is 36.5 Å². The zero-order valence-electron chi connectivity index (χ0n) is 26.3. The number of halogens is 1. The Morgan fingerprint density at radius 1 is 1.00 bits per heavy atom. The van der Waals surface area contributed by atoms with Gasteiger partial charge >= 0.3 is 0 Å². The van der Waals surface area contributed by atoms with E-state index in [2.05, 4.69) is 24.3 Å². The number of carbonyl (C=O) groups excluding carboxylic acids is 1. The molecule has 0 aliphatic heterocycles. The monoisotopic (exact) mass is 622 g/mol. The largest absolute Gasteiger partial charge is 0.496 e. The van der Waals surface area contributed by atoms with Crippen molar-refractivity contribution in [2.24, 2.45) is 5.10 Å². The molecule has 0 fully saturated rings. The normalized spacial score (nSPS) is 11.3. The number of carbonyl (C=O) groups is 1. The number of nitrogens with one attached hydrogen (secondary N) is 1. The molecule has 0 atom stereocenters. The standard InChI is InChI=1S/C36H35FN4O5/c1-6-45-33-18-24(15-16-31(33)46-21-34(42)39-30-14-10-8-12-28(30)37)20-38-41-35(40-29-13-9-7-11-25(29)36(41)43)27-19-26(22(2)3)32(44-5)17-23(27)4/h7-20,22H,6,21H2,1-5H3,(H,39,42). The summed E-state index contributed by atoms with van der Waals surface area (Å²) in [7, 11) is 1.64. The molecule has 1 aromatic heterocycles. The molecule has 1 heterocycles. The third-order valence-electron chi connectivity index (χ3n) is 7.29. The number of nitrogens with zero attached hydrogens (tertiary/aromatic N) is 3. The molecule has 0 saturated heterocycles. The molecule has 0 bridgehead atoms. The van der Waals surface area contributed by atoms with Gasteiger partial charge in [-0.3, -0.25) is 9.59 Å². The quantitative estimate of drug-likeness (QED) is 0.160. The predicted octanol–water partition coefficient (Wildman–Crippen LogP) is 6.94. The maximum absolute atomic E-state index is 13.9. The van der Waals surface area contributed by atoms with Gasteiger partial charge in [0.15, 0.2) is 23.9 Å². The highest BCUT2D eigenvalue weighted by atomic mass is 19.1. The summed E-state index contributed by atoms with van der Waals surface area (Å²) < 4.78 is 32.3. The van der Waals surface area contributed by atoms with Crippen molar-refractivity contribution in [3.8, 4) is 28.6 Å². The zero-order chi connectivity index (χ0) is 32.8. The number of aryl methyl sites for hydroxylation is 1. The summed E-state index contributed by atoms with van der Waals surface area (Å²) in [5.41, 5.74) is 3.56. The van der Waals surface area contributed by atoms with Crippen LogP contribution in [0.25, 0.3) is 22.3 Å². The van der Waals surface area contributed by atoms with E-state index >= 15 is 0 Å². The molecule has 1 N–H and O–H groups in total. The Bertz CT molecular complexity index is 1990. The van der Waals surface area contributed by atoms with Crippen molar-refractivity contribution in [1.82, 2.24) is 9.66 Å². The third kappa shape index (κ3) is 6.91. The van der Waals surface area contributed by atoms with Crippen LogP contribution in [0.15, 0.2) is 88.8 Å². The number of benzene rings is 4. The van der Waals surface area contributed by atoms with Gasteiger partial charge in [-0.25, -0.2) is 9.37 Å². The lowest BCUT2D eigenvalue weighted by molar-refractivity contribution is -0.118. The van der Waals surface area contributed by atoms with E-state index in [0.717, 1.165) is 22.4 Å². The van der Waals surface area contributed by atoms with Crippen molar-refractivity contribution in [3.63, 3.8) is 0 Å². The average molecular weight is 623 g/mol. The highest BCUT2D eigenvalue weighted by Crippen LogP contribution is 2.34. The van der Waals surface area contributed by atoms with Crippen LogP contribution in [0, 0.1) is 12.7 Å².